The number of aromatic nitrogens is 1. The number of hydrogen-bond acceptors (Lipinski definition) is 3. The summed E-state index contributed by atoms with van der Waals surface area (Å²) in [5, 5.41) is 15.6. The Morgan fingerprint density at radius 1 is 0.432 bits per heavy atom. The van der Waals surface area contributed by atoms with E-state index in [2.05, 4.69) is 318 Å². The average Bonchev–Trinajstić information content (AvgIpc) is 1.90. The zero-order valence-electron chi connectivity index (χ0n) is 48.6. The van der Waals surface area contributed by atoms with Crippen molar-refractivity contribution in [1.29, 1.82) is 0 Å². The highest BCUT2D eigenvalue weighted by atomic mass is 79.9. The number of fused-ring (bicyclic) bond motifs is 2. The van der Waals surface area contributed by atoms with Crippen LogP contribution in [-0.2, 0) is 13.1 Å². The van der Waals surface area contributed by atoms with E-state index in [1.165, 1.54) is 31.8 Å². The fraction of sp³-hybridized carbons (Fsp3) is 0.0779. The van der Waals surface area contributed by atoms with Gasteiger partial charge in [-0.05, 0) is 132 Å². The van der Waals surface area contributed by atoms with Gasteiger partial charge in [-0.25, -0.2) is 0 Å². The molecule has 11 heteroatoms. The monoisotopic (exact) mass is 1380 g/mol. The molecule has 0 atom stereocenters. The first kappa shape index (κ1) is 64.3. The Morgan fingerprint density at radius 3 is 1.28 bits per heavy atom. The third-order valence-corrected chi connectivity index (χ3v) is 25.1. The lowest BCUT2D eigenvalue weighted by Crippen LogP contribution is -3.00. The highest BCUT2D eigenvalue weighted by molar-refractivity contribution is 7.96. The number of carbonyl (C=O) groups is 2. The molecule has 0 saturated carbocycles. The number of para-hydroxylation sites is 2. The van der Waals surface area contributed by atoms with E-state index in [0.29, 0.717) is 37.3 Å². The predicted molar refractivity (Wildman–Crippen MR) is 360 cm³/mol. The molecule has 1 aliphatic rings. The molecule has 0 spiro atoms. The van der Waals surface area contributed by atoms with E-state index in [1.807, 2.05) is 24.3 Å². The van der Waals surface area contributed by atoms with Crippen LogP contribution in [0.5, 0.6) is 0 Å². The van der Waals surface area contributed by atoms with Crippen molar-refractivity contribution in [3.8, 4) is 0 Å². The normalized spacial score (nSPS) is 12.3. The van der Waals surface area contributed by atoms with Gasteiger partial charge in [-0.3, -0.25) is 9.59 Å². The van der Waals surface area contributed by atoms with Gasteiger partial charge in [-0.2, -0.15) is 4.57 Å². The Kier molecular flexibility index (Phi) is 22.4. The molecule has 2 heterocycles. The largest absolute Gasteiger partial charge is 1.00 e. The van der Waals surface area contributed by atoms with Gasteiger partial charge in [-0.1, -0.05) is 182 Å². The third kappa shape index (κ3) is 14.2. The maximum Gasteiger partial charge on any atom is 0.251 e. The maximum absolute atomic E-state index is 13.8. The summed E-state index contributed by atoms with van der Waals surface area (Å²) in [6.07, 6.45) is 14.6. The minimum Gasteiger partial charge on any atom is -1.00 e. The first-order valence-corrected chi connectivity index (χ1v) is 33.1. The average molecular weight is 1380 g/mol. The molecule has 438 valence electrons. The predicted octanol–water partition coefficient (Wildman–Crippen LogP) is 4.27. The van der Waals surface area contributed by atoms with Crippen LogP contribution in [0, 0.1) is 0 Å². The Labute approximate surface area is 550 Å². The summed E-state index contributed by atoms with van der Waals surface area (Å²) in [5.74, 6) is -0.139. The van der Waals surface area contributed by atoms with Gasteiger partial charge in [-0.15, -0.1) is 0 Å². The molecule has 12 rings (SSSR count). The zero-order valence-corrected chi connectivity index (χ0v) is 55.1. The minimum atomic E-state index is -2.07. The molecule has 10 aromatic carbocycles. The number of amides is 2. The molecule has 0 fully saturated rings. The number of carbonyl (C=O) groups excluding carboxylic acids is 2. The van der Waals surface area contributed by atoms with Crippen molar-refractivity contribution < 1.29 is 65.1 Å². The van der Waals surface area contributed by atoms with Crippen molar-refractivity contribution in [2.45, 2.75) is 13.1 Å². The van der Waals surface area contributed by atoms with Gasteiger partial charge < -0.3 is 66.5 Å². The molecule has 11 aromatic rings. The molecule has 0 radical (unpaired) electrons. The number of pyridine rings is 1. The molecular weight excluding hydrogens is 1310 g/mol. The second-order valence-electron chi connectivity index (χ2n) is 21.3. The lowest BCUT2D eigenvalue weighted by Gasteiger charge is -2.28. The minimum absolute atomic E-state index is 0. The van der Waals surface area contributed by atoms with Crippen LogP contribution in [0.2, 0.25) is 0 Å². The molecule has 0 unspecified atom stereocenters. The summed E-state index contributed by atoms with van der Waals surface area (Å²) in [5.41, 5.74) is 9.18. The number of nitrogens with zero attached hydrogens (tertiary/aromatic N) is 2. The van der Waals surface area contributed by atoms with Crippen molar-refractivity contribution in [3.05, 3.63) is 349 Å². The van der Waals surface area contributed by atoms with Crippen LogP contribution in [0.3, 0.4) is 0 Å². The first-order chi connectivity index (χ1) is 42.0. The fourth-order valence-electron chi connectivity index (χ4n) is 12.0. The van der Waals surface area contributed by atoms with Gasteiger partial charge in [0.1, 0.15) is 46.4 Å². The van der Waals surface area contributed by atoms with E-state index in [-0.39, 0.29) is 62.8 Å². The number of benzene rings is 10. The van der Waals surface area contributed by atoms with Crippen LogP contribution < -0.4 is 103 Å². The summed E-state index contributed by atoms with van der Waals surface area (Å²) in [6, 6.07) is 100. The van der Waals surface area contributed by atoms with Crippen molar-refractivity contribution in [2.75, 3.05) is 30.3 Å². The Morgan fingerprint density at radius 2 is 0.830 bits per heavy atom. The highest BCUT2D eigenvalue weighted by Gasteiger charge is 2.46. The smallest absolute Gasteiger partial charge is 0.251 e. The molecule has 2 amide bonds. The molecule has 1 aromatic heterocycles. The zero-order chi connectivity index (χ0) is 57.7. The number of anilines is 1. The van der Waals surface area contributed by atoms with E-state index in [1.54, 1.807) is 0 Å². The fourth-order valence-corrected chi connectivity index (χ4v) is 20.3. The summed E-state index contributed by atoms with van der Waals surface area (Å²) in [4.78, 5) is 29.8. The van der Waals surface area contributed by atoms with Crippen molar-refractivity contribution in [2.24, 2.45) is 0 Å². The van der Waals surface area contributed by atoms with Crippen LogP contribution >= 0.6 is 14.5 Å². The van der Waals surface area contributed by atoms with E-state index >= 15 is 0 Å². The standard InChI is InChI=1S/C77H65N4O2P2.3BrH/c82-76(78-52-56-84(66-26-7-1-8-27-66,67-28-9-2-10-29-67)68-30-11-3-12-31-68)64-46-42-60(43-47-64)58-80-54-50-62(72-38-19-21-40-74(72)80)24-23-25-63-51-55-81(75-41-22-20-39-73(63)75)59-61-44-48-65(49-45-61)77(83)79-53-57-85(69-32-13-4-14-33-69,70-34-15-5-16-35-70)71-36-17-6-18-37-71;;;/h1-51,54-55H,52-53,56-59H2;3*1H/q+1;;;/p-1. The Balaban J connectivity index is 0.00000307. The lowest BCUT2D eigenvalue weighted by molar-refractivity contribution is -0.662. The van der Waals surface area contributed by atoms with Crippen LogP contribution in [0.25, 0.3) is 22.6 Å². The van der Waals surface area contributed by atoms with Crippen molar-refractivity contribution in [1.82, 2.24) is 10.6 Å². The number of nitrogens with one attached hydrogen (secondary N) is 2. The molecule has 0 bridgehead atoms. The van der Waals surface area contributed by atoms with E-state index in [9.17, 15) is 9.59 Å². The van der Waals surface area contributed by atoms with Gasteiger partial charge in [0.05, 0.1) is 30.8 Å². The second-order valence-corrected chi connectivity index (χ2v) is 28.6. The van der Waals surface area contributed by atoms with Crippen LogP contribution in [0.1, 0.15) is 43.0 Å². The number of allylic oxidation sites excluding steroid dienone is 4. The first-order valence-electron chi connectivity index (χ1n) is 29.1. The van der Waals surface area contributed by atoms with E-state index in [4.69, 9.17) is 0 Å². The number of hydrogen-bond donors (Lipinski definition) is 2. The van der Waals surface area contributed by atoms with Gasteiger partial charge >= 0.3 is 0 Å². The van der Waals surface area contributed by atoms with Gasteiger partial charge in [0, 0.05) is 52.8 Å². The van der Waals surface area contributed by atoms with Crippen LogP contribution in [-0.4, -0.2) is 37.2 Å². The molecule has 0 saturated heterocycles. The molecular formula is C77H67Br3N4O2P2. The Bertz CT molecular complexity index is 3970. The van der Waals surface area contributed by atoms with Crippen molar-refractivity contribution in [3.63, 3.8) is 0 Å². The summed E-state index contributed by atoms with van der Waals surface area (Å²) in [7, 11) is -4.14. The molecule has 2 N–H and O–H groups in total. The van der Waals surface area contributed by atoms with Gasteiger partial charge in [0.2, 0.25) is 5.52 Å². The number of rotatable bonds is 20. The molecule has 0 aliphatic carbocycles. The van der Waals surface area contributed by atoms with Gasteiger partial charge in [0.25, 0.3) is 11.8 Å². The summed E-state index contributed by atoms with van der Waals surface area (Å²) in [6.45, 7) is 2.41. The molecule has 88 heavy (non-hydrogen) atoms. The van der Waals surface area contributed by atoms with Crippen LogP contribution in [0.4, 0.5) is 5.69 Å². The SMILES string of the molecule is O=C(NCC[P+](c1ccccc1)(c1ccccc1)c1ccccc1)c1ccc(CN2C=C/C(=C\C=C\c3cc[n+](Cc4ccc(C(=O)NCC[P+](c5ccccc5)(c5ccccc5)c5ccccc5)cc4)c4ccccc34)c3ccccc32)cc1.[Br-].[Br-].[Br-]. The second kappa shape index (κ2) is 30.7. The quantitative estimate of drug-likeness (QED) is 0.0887. The number of halogens is 3. The topological polar surface area (TPSA) is 65.3 Å². The maximum atomic E-state index is 13.8. The Hall–Kier alpha value is -8.13. The van der Waals surface area contributed by atoms with Gasteiger partial charge in [0.15, 0.2) is 12.7 Å². The van der Waals surface area contributed by atoms with E-state index < -0.39 is 14.5 Å². The highest BCUT2D eigenvalue weighted by Crippen LogP contribution is 2.56. The van der Waals surface area contributed by atoms with E-state index in [0.717, 1.165) is 56.7 Å². The third-order valence-electron chi connectivity index (χ3n) is 16.3. The lowest BCUT2D eigenvalue weighted by atomic mass is 9.98. The van der Waals surface area contributed by atoms with Crippen molar-refractivity contribution >= 4 is 86.4 Å². The molecule has 1 aliphatic heterocycles. The van der Waals surface area contributed by atoms with Crippen LogP contribution in [0.15, 0.2) is 316 Å². The molecule has 6 nitrogen and oxygen atoms in total. The summed E-state index contributed by atoms with van der Waals surface area (Å²) >= 11 is 0. The summed E-state index contributed by atoms with van der Waals surface area (Å²) < 4.78 is 2.27.